The number of rotatable bonds is 4. The number of piperazine rings is 1. The average Bonchev–Trinajstić information content (AvgIpc) is 2.66. The van der Waals surface area contributed by atoms with E-state index in [1.54, 1.807) is 18.2 Å². The van der Waals surface area contributed by atoms with Gasteiger partial charge in [-0.1, -0.05) is 35.3 Å². The number of anilines is 2. The average molecular weight is 407 g/mol. The van der Waals surface area contributed by atoms with Gasteiger partial charge >= 0.3 is 0 Å². The van der Waals surface area contributed by atoms with Gasteiger partial charge < -0.3 is 15.1 Å². The number of amides is 1. The predicted octanol–water partition coefficient (Wildman–Crippen LogP) is 3.34. The number of hydrogen-bond acceptors (Lipinski definition) is 2. The zero-order valence-corrected chi connectivity index (χ0v) is 17.5. The molecule has 1 amide bonds. The van der Waals surface area contributed by atoms with Crippen LogP contribution in [-0.2, 0) is 4.79 Å². The molecular weight excluding hydrogens is 381 g/mol. The minimum absolute atomic E-state index is 0.0191. The van der Waals surface area contributed by atoms with Crippen molar-refractivity contribution in [3.8, 4) is 0 Å². The van der Waals surface area contributed by atoms with Gasteiger partial charge in [-0.25, -0.2) is 0 Å². The van der Waals surface area contributed by atoms with Crippen LogP contribution in [-0.4, -0.2) is 38.1 Å². The normalized spacial score (nSPS) is 16.3. The number of benzene rings is 2. The lowest BCUT2D eigenvalue weighted by Gasteiger charge is -2.36. The molecule has 1 aliphatic rings. The molecule has 0 spiro atoms. The summed E-state index contributed by atoms with van der Waals surface area (Å²) in [5.41, 5.74) is 4.56. The summed E-state index contributed by atoms with van der Waals surface area (Å²) in [4.78, 5) is 16.4. The topological polar surface area (TPSA) is 36.8 Å². The van der Waals surface area contributed by atoms with Crippen LogP contribution in [0.1, 0.15) is 18.1 Å². The Morgan fingerprint density at radius 3 is 2.52 bits per heavy atom. The monoisotopic (exact) mass is 406 g/mol. The molecule has 0 aromatic heterocycles. The van der Waals surface area contributed by atoms with Gasteiger partial charge in [0.1, 0.15) is 0 Å². The molecule has 4 nitrogen and oxygen atoms in total. The number of nitrogens with zero attached hydrogens (tertiary/aromatic N) is 1. The van der Waals surface area contributed by atoms with Crippen molar-refractivity contribution < 1.29 is 9.69 Å². The van der Waals surface area contributed by atoms with Gasteiger partial charge in [-0.05, 0) is 56.2 Å². The minimum atomic E-state index is -0.141. The summed E-state index contributed by atoms with van der Waals surface area (Å²) >= 11 is 12.1. The Kier molecular flexibility index (Phi) is 6.30. The van der Waals surface area contributed by atoms with E-state index in [1.165, 1.54) is 21.7 Å². The first-order valence-electron chi connectivity index (χ1n) is 9.28. The summed E-state index contributed by atoms with van der Waals surface area (Å²) in [6.45, 7) is 10.0. The molecule has 1 aliphatic heterocycles. The number of hydrogen-bond donors (Lipinski definition) is 2. The first-order valence-corrected chi connectivity index (χ1v) is 10.0. The Morgan fingerprint density at radius 2 is 1.85 bits per heavy atom. The van der Waals surface area contributed by atoms with Gasteiger partial charge in [0.05, 0.1) is 36.9 Å². The lowest BCUT2D eigenvalue weighted by atomic mass is 10.1. The molecule has 0 unspecified atom stereocenters. The molecule has 0 bridgehead atoms. The van der Waals surface area contributed by atoms with Crippen LogP contribution in [0, 0.1) is 13.8 Å². The van der Waals surface area contributed by atoms with Crippen molar-refractivity contribution in [3.63, 3.8) is 0 Å². The van der Waals surface area contributed by atoms with E-state index < -0.39 is 0 Å². The van der Waals surface area contributed by atoms with Crippen molar-refractivity contribution in [1.29, 1.82) is 0 Å². The zero-order chi connectivity index (χ0) is 19.6. The quantitative estimate of drug-likeness (QED) is 0.816. The second-order valence-corrected chi connectivity index (χ2v) is 8.04. The molecule has 144 valence electrons. The van der Waals surface area contributed by atoms with Gasteiger partial charge in [0.2, 0.25) is 0 Å². The summed E-state index contributed by atoms with van der Waals surface area (Å²) in [6, 6.07) is 11.4. The van der Waals surface area contributed by atoms with E-state index in [4.69, 9.17) is 23.2 Å². The molecule has 2 N–H and O–H groups in total. The number of nitrogens with one attached hydrogen (secondary N) is 2. The minimum Gasteiger partial charge on any atom is -0.360 e. The molecular formula is C21H26Cl2N3O+. The van der Waals surface area contributed by atoms with Crippen molar-refractivity contribution in [1.82, 2.24) is 0 Å². The van der Waals surface area contributed by atoms with Gasteiger partial charge in [0, 0.05) is 10.7 Å². The zero-order valence-electron chi connectivity index (χ0n) is 16.0. The van der Waals surface area contributed by atoms with E-state index >= 15 is 0 Å². The fourth-order valence-corrected chi connectivity index (χ4v) is 4.02. The highest BCUT2D eigenvalue weighted by atomic mass is 35.5. The summed E-state index contributed by atoms with van der Waals surface area (Å²) in [5.74, 6) is -0.0191. The van der Waals surface area contributed by atoms with Gasteiger partial charge in [0.25, 0.3) is 5.91 Å². The summed E-state index contributed by atoms with van der Waals surface area (Å²) < 4.78 is 0. The van der Waals surface area contributed by atoms with Gasteiger partial charge in [-0.3, -0.25) is 4.79 Å². The molecule has 27 heavy (non-hydrogen) atoms. The summed E-state index contributed by atoms with van der Waals surface area (Å²) in [7, 11) is 0. The van der Waals surface area contributed by atoms with Crippen LogP contribution >= 0.6 is 23.2 Å². The molecule has 3 rings (SSSR count). The largest absolute Gasteiger partial charge is 0.360 e. The second kappa shape index (κ2) is 8.51. The van der Waals surface area contributed by atoms with Gasteiger partial charge in [0.15, 0.2) is 6.04 Å². The Bertz CT molecular complexity index is 832. The SMILES string of the molecule is Cc1cccc(N2CC[NH+]([C@@H](C)C(=O)Nc3ccc(Cl)cc3Cl)CC2)c1C. The van der Waals surface area contributed by atoms with Crippen molar-refractivity contribution >= 4 is 40.5 Å². The number of quaternary nitrogens is 1. The van der Waals surface area contributed by atoms with Gasteiger partial charge in [-0.15, -0.1) is 0 Å². The number of halogens is 2. The third-order valence-corrected chi connectivity index (χ3v) is 6.06. The summed E-state index contributed by atoms with van der Waals surface area (Å²) in [5, 5.41) is 3.94. The molecule has 1 fully saturated rings. The highest BCUT2D eigenvalue weighted by Gasteiger charge is 2.30. The van der Waals surface area contributed by atoms with Crippen molar-refractivity contribution in [2.75, 3.05) is 36.4 Å². The molecule has 1 heterocycles. The van der Waals surface area contributed by atoms with Crippen LogP contribution in [0.15, 0.2) is 36.4 Å². The molecule has 0 aliphatic carbocycles. The van der Waals surface area contributed by atoms with Crippen LogP contribution in [0.5, 0.6) is 0 Å². The molecule has 1 atom stereocenters. The van der Waals surface area contributed by atoms with Crippen LogP contribution in [0.3, 0.4) is 0 Å². The lowest BCUT2D eigenvalue weighted by molar-refractivity contribution is -0.914. The molecule has 0 radical (unpaired) electrons. The third kappa shape index (κ3) is 4.57. The van der Waals surface area contributed by atoms with Crippen LogP contribution < -0.4 is 15.1 Å². The first kappa shape index (κ1) is 20.0. The predicted molar refractivity (Wildman–Crippen MR) is 113 cm³/mol. The Labute approximate surface area is 171 Å². The van der Waals surface area contributed by atoms with Crippen LogP contribution in [0.2, 0.25) is 10.0 Å². The standard InChI is InChI=1S/C21H25Cl2N3O/c1-14-5-4-6-20(15(14)2)26-11-9-25(10-12-26)16(3)21(27)24-19-8-7-17(22)13-18(19)23/h4-8,13,16H,9-12H2,1-3H3,(H,24,27)/p+1/t16-/m0/s1. The van der Waals surface area contributed by atoms with Crippen molar-refractivity contribution in [2.45, 2.75) is 26.8 Å². The Hall–Kier alpha value is -1.75. The fraction of sp³-hybridized carbons (Fsp3) is 0.381. The Morgan fingerprint density at radius 1 is 1.15 bits per heavy atom. The van der Waals surface area contributed by atoms with E-state index in [0.717, 1.165) is 26.2 Å². The lowest BCUT2D eigenvalue weighted by Crippen LogP contribution is -3.19. The van der Waals surface area contributed by atoms with E-state index in [-0.39, 0.29) is 11.9 Å². The third-order valence-electron chi connectivity index (χ3n) is 5.52. The fourth-order valence-electron chi connectivity index (χ4n) is 3.56. The number of aryl methyl sites for hydroxylation is 1. The molecule has 6 heteroatoms. The molecule has 1 saturated heterocycles. The maximum Gasteiger partial charge on any atom is 0.282 e. The smallest absolute Gasteiger partial charge is 0.282 e. The second-order valence-electron chi connectivity index (χ2n) is 7.20. The van der Waals surface area contributed by atoms with E-state index in [9.17, 15) is 4.79 Å². The Balaban J connectivity index is 1.60. The molecule has 2 aromatic carbocycles. The maximum absolute atomic E-state index is 12.7. The van der Waals surface area contributed by atoms with Crippen molar-refractivity contribution in [2.24, 2.45) is 0 Å². The van der Waals surface area contributed by atoms with E-state index in [0.29, 0.717) is 15.7 Å². The van der Waals surface area contributed by atoms with Crippen molar-refractivity contribution in [3.05, 3.63) is 57.6 Å². The number of carbonyl (C=O) groups is 1. The highest BCUT2D eigenvalue weighted by Crippen LogP contribution is 2.25. The number of carbonyl (C=O) groups excluding carboxylic acids is 1. The summed E-state index contributed by atoms with van der Waals surface area (Å²) in [6.07, 6.45) is 0. The first-order chi connectivity index (χ1) is 12.9. The highest BCUT2D eigenvalue weighted by molar-refractivity contribution is 6.36. The van der Waals surface area contributed by atoms with E-state index in [1.807, 2.05) is 6.92 Å². The molecule has 0 saturated carbocycles. The maximum atomic E-state index is 12.7. The van der Waals surface area contributed by atoms with Gasteiger partial charge in [-0.2, -0.15) is 0 Å². The molecule has 2 aromatic rings. The van der Waals surface area contributed by atoms with Crippen LogP contribution in [0.4, 0.5) is 11.4 Å². The van der Waals surface area contributed by atoms with E-state index in [2.05, 4.69) is 42.3 Å². The van der Waals surface area contributed by atoms with Crippen LogP contribution in [0.25, 0.3) is 0 Å².